The number of nitrogens with one attached hydrogen (secondary N) is 2. The molecule has 0 aromatic carbocycles. The van der Waals surface area contributed by atoms with Gasteiger partial charge in [-0.2, -0.15) is 0 Å². The molecule has 0 bridgehead atoms. The number of rotatable bonds is 6. The molecule has 0 aliphatic rings. The molecular formula is C15H22N4O2. The van der Waals surface area contributed by atoms with Gasteiger partial charge in [-0.3, -0.25) is 0 Å². The molecule has 0 spiro atoms. The number of nitrogens with zero attached hydrogens (tertiary/aromatic N) is 2. The topological polar surface area (TPSA) is 72.1 Å². The fourth-order valence-electron chi connectivity index (χ4n) is 2.13. The third-order valence-electron chi connectivity index (χ3n) is 3.36. The van der Waals surface area contributed by atoms with Gasteiger partial charge in [0.05, 0.1) is 12.2 Å². The molecule has 0 radical (unpaired) electrons. The summed E-state index contributed by atoms with van der Waals surface area (Å²) in [5.74, 6) is 0.652. The summed E-state index contributed by atoms with van der Waals surface area (Å²) in [6, 6.07) is 5.84. The van der Waals surface area contributed by atoms with Crippen LogP contribution in [0.15, 0.2) is 28.9 Å². The first-order chi connectivity index (χ1) is 10.0. The van der Waals surface area contributed by atoms with Crippen molar-refractivity contribution in [1.29, 1.82) is 0 Å². The van der Waals surface area contributed by atoms with Gasteiger partial charge in [0.15, 0.2) is 5.76 Å². The Labute approximate surface area is 124 Å². The fourth-order valence-corrected chi connectivity index (χ4v) is 2.13. The van der Waals surface area contributed by atoms with Crippen molar-refractivity contribution in [1.82, 2.24) is 20.4 Å². The molecular weight excluding hydrogens is 268 g/mol. The largest absolute Gasteiger partial charge is 0.359 e. The molecule has 0 fully saturated rings. The number of carbonyl (C=O) groups is 1. The SMILES string of the molecule is Cc1cc(CNC(=O)N[C@@H](C)CCc2cccn2C)on1. The summed E-state index contributed by atoms with van der Waals surface area (Å²) >= 11 is 0. The van der Waals surface area contributed by atoms with Crippen LogP contribution >= 0.6 is 0 Å². The molecule has 1 atom stereocenters. The minimum Gasteiger partial charge on any atom is -0.359 e. The van der Waals surface area contributed by atoms with Crippen molar-refractivity contribution < 1.29 is 9.32 Å². The normalized spacial score (nSPS) is 12.1. The van der Waals surface area contributed by atoms with Crippen molar-refractivity contribution in [2.45, 2.75) is 39.3 Å². The van der Waals surface area contributed by atoms with Crippen LogP contribution in [0.5, 0.6) is 0 Å². The van der Waals surface area contributed by atoms with Crippen LogP contribution < -0.4 is 10.6 Å². The van der Waals surface area contributed by atoms with Gasteiger partial charge >= 0.3 is 6.03 Å². The van der Waals surface area contributed by atoms with Gasteiger partial charge in [-0.1, -0.05) is 5.16 Å². The van der Waals surface area contributed by atoms with Crippen LogP contribution in [0.1, 0.15) is 30.5 Å². The molecule has 0 saturated heterocycles. The van der Waals surface area contributed by atoms with Crippen molar-refractivity contribution in [2.75, 3.05) is 0 Å². The van der Waals surface area contributed by atoms with E-state index in [9.17, 15) is 4.79 Å². The lowest BCUT2D eigenvalue weighted by Gasteiger charge is -2.14. The molecule has 2 rings (SSSR count). The lowest BCUT2D eigenvalue weighted by molar-refractivity contribution is 0.235. The van der Waals surface area contributed by atoms with Crippen LogP contribution in [0.2, 0.25) is 0 Å². The van der Waals surface area contributed by atoms with E-state index in [0.717, 1.165) is 18.5 Å². The highest BCUT2D eigenvalue weighted by molar-refractivity contribution is 5.74. The summed E-state index contributed by atoms with van der Waals surface area (Å²) in [5.41, 5.74) is 2.07. The number of urea groups is 1. The van der Waals surface area contributed by atoms with E-state index in [4.69, 9.17) is 4.52 Å². The van der Waals surface area contributed by atoms with Crippen molar-refractivity contribution in [3.63, 3.8) is 0 Å². The molecule has 21 heavy (non-hydrogen) atoms. The second-order valence-corrected chi connectivity index (χ2v) is 5.31. The van der Waals surface area contributed by atoms with Gasteiger partial charge in [-0.25, -0.2) is 4.79 Å². The highest BCUT2D eigenvalue weighted by Crippen LogP contribution is 2.05. The van der Waals surface area contributed by atoms with Gasteiger partial charge in [-0.15, -0.1) is 0 Å². The van der Waals surface area contributed by atoms with E-state index in [1.54, 1.807) is 6.07 Å². The molecule has 6 nitrogen and oxygen atoms in total. The monoisotopic (exact) mass is 290 g/mol. The Balaban J connectivity index is 1.68. The standard InChI is InChI=1S/C15H22N4O2/c1-11(6-7-13-5-4-8-19(13)3)17-15(20)16-10-14-9-12(2)18-21-14/h4-5,8-9,11H,6-7,10H2,1-3H3,(H2,16,17,20)/t11-/m0/s1. The minimum absolute atomic E-state index is 0.108. The van der Waals surface area contributed by atoms with Crippen molar-refractivity contribution in [3.05, 3.63) is 41.5 Å². The third kappa shape index (κ3) is 4.66. The van der Waals surface area contributed by atoms with E-state index in [0.29, 0.717) is 12.3 Å². The first-order valence-electron chi connectivity index (χ1n) is 7.11. The molecule has 114 valence electrons. The maximum absolute atomic E-state index is 11.8. The van der Waals surface area contributed by atoms with Crippen molar-refractivity contribution in [3.8, 4) is 0 Å². The predicted molar refractivity (Wildman–Crippen MR) is 79.8 cm³/mol. The van der Waals surface area contributed by atoms with Gasteiger partial charge in [0.25, 0.3) is 0 Å². The van der Waals surface area contributed by atoms with Crippen LogP contribution in [0.4, 0.5) is 4.79 Å². The Morgan fingerprint density at radius 2 is 2.33 bits per heavy atom. The molecule has 2 amide bonds. The Kier molecular flexibility index (Phi) is 5.03. The van der Waals surface area contributed by atoms with Crippen molar-refractivity contribution >= 4 is 6.03 Å². The fraction of sp³-hybridized carbons (Fsp3) is 0.467. The van der Waals surface area contributed by atoms with Crippen LogP contribution in [0, 0.1) is 6.92 Å². The number of carbonyl (C=O) groups excluding carboxylic acids is 1. The van der Waals surface area contributed by atoms with Crippen molar-refractivity contribution in [2.24, 2.45) is 7.05 Å². The molecule has 2 aromatic heterocycles. The highest BCUT2D eigenvalue weighted by atomic mass is 16.5. The van der Waals surface area contributed by atoms with Gasteiger partial charge in [0.2, 0.25) is 0 Å². The summed E-state index contributed by atoms with van der Waals surface area (Å²) in [6.07, 6.45) is 3.86. The van der Waals surface area contributed by atoms with Gasteiger partial charge in [-0.05, 0) is 38.8 Å². The summed E-state index contributed by atoms with van der Waals surface area (Å²) in [7, 11) is 2.03. The maximum atomic E-state index is 11.8. The lowest BCUT2D eigenvalue weighted by atomic mass is 10.1. The number of aromatic nitrogens is 2. The smallest absolute Gasteiger partial charge is 0.315 e. The lowest BCUT2D eigenvalue weighted by Crippen LogP contribution is -2.40. The maximum Gasteiger partial charge on any atom is 0.315 e. The summed E-state index contributed by atoms with van der Waals surface area (Å²) in [5, 5.41) is 9.45. The summed E-state index contributed by atoms with van der Waals surface area (Å²) < 4.78 is 7.13. The first kappa shape index (κ1) is 15.2. The molecule has 0 aliphatic carbocycles. The predicted octanol–water partition coefficient (Wildman–Crippen LogP) is 2.14. The Bertz CT molecular complexity index is 588. The van der Waals surface area contributed by atoms with E-state index >= 15 is 0 Å². The number of aryl methyl sites for hydroxylation is 3. The average Bonchev–Trinajstić information content (AvgIpc) is 3.03. The second kappa shape index (κ2) is 6.97. The van der Waals surface area contributed by atoms with E-state index in [2.05, 4.69) is 26.4 Å². The molecule has 2 aromatic rings. The zero-order chi connectivity index (χ0) is 15.2. The van der Waals surface area contributed by atoms with Crippen LogP contribution in [0.3, 0.4) is 0 Å². The van der Waals surface area contributed by atoms with E-state index in [1.165, 1.54) is 5.69 Å². The zero-order valence-corrected chi connectivity index (χ0v) is 12.7. The van der Waals surface area contributed by atoms with Crippen LogP contribution in [-0.2, 0) is 20.0 Å². The number of amides is 2. The Morgan fingerprint density at radius 3 is 2.95 bits per heavy atom. The molecule has 0 unspecified atom stereocenters. The third-order valence-corrected chi connectivity index (χ3v) is 3.36. The summed E-state index contributed by atoms with van der Waals surface area (Å²) in [4.78, 5) is 11.8. The molecule has 2 heterocycles. The zero-order valence-electron chi connectivity index (χ0n) is 12.7. The van der Waals surface area contributed by atoms with E-state index in [1.807, 2.05) is 33.2 Å². The Hall–Kier alpha value is -2.24. The Morgan fingerprint density at radius 1 is 1.52 bits per heavy atom. The van der Waals surface area contributed by atoms with Gasteiger partial charge in [0, 0.05) is 31.0 Å². The van der Waals surface area contributed by atoms with Crippen LogP contribution in [0.25, 0.3) is 0 Å². The summed E-state index contributed by atoms with van der Waals surface area (Å²) in [6.45, 7) is 4.19. The minimum atomic E-state index is -0.191. The van der Waals surface area contributed by atoms with E-state index in [-0.39, 0.29) is 12.1 Å². The molecule has 6 heteroatoms. The van der Waals surface area contributed by atoms with Gasteiger partial charge in [0.1, 0.15) is 0 Å². The van der Waals surface area contributed by atoms with E-state index < -0.39 is 0 Å². The van der Waals surface area contributed by atoms with Crippen LogP contribution in [-0.4, -0.2) is 21.8 Å². The average molecular weight is 290 g/mol. The quantitative estimate of drug-likeness (QED) is 0.856. The number of hydrogen-bond acceptors (Lipinski definition) is 3. The van der Waals surface area contributed by atoms with Gasteiger partial charge < -0.3 is 19.7 Å². The first-order valence-corrected chi connectivity index (χ1v) is 7.11. The second-order valence-electron chi connectivity index (χ2n) is 5.31. The highest BCUT2D eigenvalue weighted by Gasteiger charge is 2.09. The number of hydrogen-bond donors (Lipinski definition) is 2. The molecule has 2 N–H and O–H groups in total. The molecule has 0 saturated carbocycles. The molecule has 0 aliphatic heterocycles.